The molecule has 1 heteroatoms. The molecule has 0 unspecified atom stereocenters. The van der Waals surface area contributed by atoms with Crippen molar-refractivity contribution in [2.45, 2.75) is 13.5 Å². The van der Waals surface area contributed by atoms with E-state index >= 15 is 0 Å². The average Bonchev–Trinajstić information content (AvgIpc) is 2.61. The molecule has 0 aromatic heterocycles. The number of hydrogen-bond donors (Lipinski definition) is 0. The summed E-state index contributed by atoms with van der Waals surface area (Å²) in [6.45, 7) is 6.53. The minimum atomic E-state index is 0.563. The van der Waals surface area contributed by atoms with Crippen molar-refractivity contribution in [1.29, 1.82) is 0 Å². The Balaban J connectivity index is 1.94. The van der Waals surface area contributed by atoms with Crippen LogP contribution < -0.4 is 4.74 Å². The van der Waals surface area contributed by atoms with Crippen molar-refractivity contribution in [1.82, 2.24) is 0 Å². The van der Waals surface area contributed by atoms with E-state index in [1.54, 1.807) is 0 Å². The van der Waals surface area contributed by atoms with Gasteiger partial charge >= 0.3 is 0 Å². The van der Waals surface area contributed by atoms with Gasteiger partial charge < -0.3 is 4.74 Å². The Morgan fingerprint density at radius 1 is 0.913 bits per heavy atom. The maximum absolute atomic E-state index is 6.08. The van der Waals surface area contributed by atoms with E-state index in [-0.39, 0.29) is 0 Å². The summed E-state index contributed by atoms with van der Waals surface area (Å²) in [5.74, 6) is 0.894. The lowest BCUT2D eigenvalue weighted by Gasteiger charge is -2.13. The second kappa shape index (κ2) is 6.97. The van der Waals surface area contributed by atoms with Crippen molar-refractivity contribution in [3.8, 4) is 16.9 Å². The maximum Gasteiger partial charge on any atom is 0.127 e. The van der Waals surface area contributed by atoms with Crippen molar-refractivity contribution >= 4 is 6.08 Å². The fourth-order valence-electron chi connectivity index (χ4n) is 2.57. The lowest BCUT2D eigenvalue weighted by Crippen LogP contribution is -1.97. The highest BCUT2D eigenvalue weighted by Crippen LogP contribution is 2.32. The molecule has 3 aromatic rings. The average molecular weight is 300 g/mol. The number of aryl methyl sites for hydroxylation is 1. The molecule has 3 rings (SSSR count). The van der Waals surface area contributed by atoms with E-state index in [0.717, 1.165) is 28.0 Å². The van der Waals surface area contributed by atoms with E-state index in [0.29, 0.717) is 6.61 Å². The monoisotopic (exact) mass is 300 g/mol. The number of rotatable bonds is 5. The third kappa shape index (κ3) is 3.70. The summed E-state index contributed by atoms with van der Waals surface area (Å²) in [7, 11) is 0. The molecular weight excluding hydrogens is 280 g/mol. The minimum absolute atomic E-state index is 0.563. The molecule has 3 aromatic carbocycles. The van der Waals surface area contributed by atoms with Crippen LogP contribution in [-0.4, -0.2) is 0 Å². The van der Waals surface area contributed by atoms with Crippen molar-refractivity contribution in [2.75, 3.05) is 0 Å². The van der Waals surface area contributed by atoms with Gasteiger partial charge in [-0.2, -0.15) is 0 Å². The summed E-state index contributed by atoms with van der Waals surface area (Å²) in [4.78, 5) is 0. The first-order valence-electron chi connectivity index (χ1n) is 7.76. The molecule has 0 amide bonds. The van der Waals surface area contributed by atoms with E-state index in [4.69, 9.17) is 4.74 Å². The molecule has 0 saturated carbocycles. The smallest absolute Gasteiger partial charge is 0.127 e. The lowest BCUT2D eigenvalue weighted by atomic mass is 10.0. The molecule has 114 valence electrons. The molecule has 0 fully saturated rings. The van der Waals surface area contributed by atoms with E-state index in [9.17, 15) is 0 Å². The van der Waals surface area contributed by atoms with Crippen molar-refractivity contribution < 1.29 is 4.74 Å². The highest BCUT2D eigenvalue weighted by Gasteiger charge is 2.08. The second-order valence-electron chi connectivity index (χ2n) is 5.60. The van der Waals surface area contributed by atoms with Crippen LogP contribution >= 0.6 is 0 Å². The first-order chi connectivity index (χ1) is 11.3. The van der Waals surface area contributed by atoms with E-state index in [1.165, 1.54) is 5.56 Å². The summed E-state index contributed by atoms with van der Waals surface area (Å²) in [6, 6.07) is 24.9. The summed E-state index contributed by atoms with van der Waals surface area (Å²) in [5.41, 5.74) is 5.75. The molecular formula is C22H20O. The third-order valence-corrected chi connectivity index (χ3v) is 3.81. The zero-order valence-electron chi connectivity index (χ0n) is 13.3. The van der Waals surface area contributed by atoms with Gasteiger partial charge in [0.25, 0.3) is 0 Å². The van der Waals surface area contributed by atoms with Gasteiger partial charge in [0.05, 0.1) is 0 Å². The predicted octanol–water partition coefficient (Wildman–Crippen LogP) is 5.88. The third-order valence-electron chi connectivity index (χ3n) is 3.81. The molecule has 0 aliphatic rings. The Kier molecular flexibility index (Phi) is 4.58. The highest BCUT2D eigenvalue weighted by atomic mass is 16.5. The highest BCUT2D eigenvalue weighted by molar-refractivity contribution is 5.73. The molecule has 0 atom stereocenters. The van der Waals surface area contributed by atoms with Gasteiger partial charge in [-0.3, -0.25) is 0 Å². The zero-order chi connectivity index (χ0) is 16.1. The number of ether oxygens (including phenoxy) is 1. The first kappa shape index (κ1) is 15.1. The van der Waals surface area contributed by atoms with E-state index in [1.807, 2.05) is 36.4 Å². The van der Waals surface area contributed by atoms with Crippen LogP contribution in [0.2, 0.25) is 0 Å². The van der Waals surface area contributed by atoms with Gasteiger partial charge in [0.1, 0.15) is 12.4 Å². The molecule has 0 saturated heterocycles. The normalized spacial score (nSPS) is 10.3. The zero-order valence-corrected chi connectivity index (χ0v) is 13.3. The Hall–Kier alpha value is -2.80. The summed E-state index contributed by atoms with van der Waals surface area (Å²) < 4.78 is 6.08. The summed E-state index contributed by atoms with van der Waals surface area (Å²) >= 11 is 0. The molecule has 0 N–H and O–H groups in total. The van der Waals surface area contributed by atoms with E-state index in [2.05, 4.69) is 56.0 Å². The first-order valence-corrected chi connectivity index (χ1v) is 7.76. The van der Waals surface area contributed by atoms with Gasteiger partial charge in [-0.25, -0.2) is 0 Å². The molecule has 23 heavy (non-hydrogen) atoms. The Bertz CT molecular complexity index is 803. The van der Waals surface area contributed by atoms with Crippen LogP contribution in [-0.2, 0) is 6.61 Å². The SMILES string of the molecule is C=Cc1ccc(OCc2ccccc2)c(-c2cccc(C)c2)c1. The molecule has 0 bridgehead atoms. The van der Waals surface area contributed by atoms with Crippen molar-refractivity contribution in [2.24, 2.45) is 0 Å². The Labute approximate surface area is 137 Å². The molecule has 0 heterocycles. The quantitative estimate of drug-likeness (QED) is 0.571. The second-order valence-corrected chi connectivity index (χ2v) is 5.60. The Morgan fingerprint density at radius 2 is 1.74 bits per heavy atom. The van der Waals surface area contributed by atoms with Crippen LogP contribution in [0.5, 0.6) is 5.75 Å². The van der Waals surface area contributed by atoms with Crippen LogP contribution in [0.3, 0.4) is 0 Å². The van der Waals surface area contributed by atoms with Crippen molar-refractivity contribution in [3.63, 3.8) is 0 Å². The number of hydrogen-bond acceptors (Lipinski definition) is 1. The largest absolute Gasteiger partial charge is 0.488 e. The van der Waals surface area contributed by atoms with Gasteiger partial charge in [0.15, 0.2) is 0 Å². The topological polar surface area (TPSA) is 9.23 Å². The fourth-order valence-corrected chi connectivity index (χ4v) is 2.57. The van der Waals surface area contributed by atoms with Crippen LogP contribution in [0.15, 0.2) is 79.4 Å². The standard InChI is InChI=1S/C22H20O/c1-3-18-12-13-22(23-16-19-9-5-4-6-10-19)21(15-18)20-11-7-8-17(2)14-20/h3-15H,1,16H2,2H3. The molecule has 1 nitrogen and oxygen atoms in total. The van der Waals surface area contributed by atoms with E-state index < -0.39 is 0 Å². The summed E-state index contributed by atoms with van der Waals surface area (Å²) in [5, 5.41) is 0. The van der Waals surface area contributed by atoms with Gasteiger partial charge in [0.2, 0.25) is 0 Å². The molecule has 0 spiro atoms. The van der Waals surface area contributed by atoms with Crippen molar-refractivity contribution in [3.05, 3.63) is 96.1 Å². The van der Waals surface area contributed by atoms with Gasteiger partial charge in [-0.05, 0) is 35.7 Å². The maximum atomic E-state index is 6.08. The number of benzene rings is 3. The predicted molar refractivity (Wildman–Crippen MR) is 97.5 cm³/mol. The minimum Gasteiger partial charge on any atom is -0.488 e. The summed E-state index contributed by atoms with van der Waals surface area (Å²) in [6.07, 6.45) is 1.86. The van der Waals surface area contributed by atoms with Gasteiger partial charge in [0, 0.05) is 5.56 Å². The molecule has 0 radical (unpaired) electrons. The van der Waals surface area contributed by atoms with Crippen LogP contribution in [0, 0.1) is 6.92 Å². The van der Waals surface area contributed by atoms with Gasteiger partial charge in [-0.1, -0.05) is 78.9 Å². The molecule has 0 aliphatic heterocycles. The molecule has 0 aliphatic carbocycles. The Morgan fingerprint density at radius 3 is 2.48 bits per heavy atom. The lowest BCUT2D eigenvalue weighted by molar-refractivity contribution is 0.307. The fraction of sp³-hybridized carbons (Fsp3) is 0.0909. The van der Waals surface area contributed by atoms with Crippen LogP contribution in [0.1, 0.15) is 16.7 Å². The van der Waals surface area contributed by atoms with Crippen LogP contribution in [0.4, 0.5) is 0 Å². The van der Waals surface area contributed by atoms with Gasteiger partial charge in [-0.15, -0.1) is 0 Å². The van der Waals surface area contributed by atoms with Crippen LogP contribution in [0.25, 0.3) is 17.2 Å².